The van der Waals surface area contributed by atoms with Crippen molar-refractivity contribution >= 4 is 0 Å². The quantitative estimate of drug-likeness (QED) is 0.771. The predicted octanol–water partition coefficient (Wildman–Crippen LogP) is 1.81. The minimum absolute atomic E-state index is 0.479. The molecule has 1 heterocycles. The van der Waals surface area contributed by atoms with Crippen LogP contribution in [0.2, 0.25) is 0 Å². The molecule has 0 saturated carbocycles. The van der Waals surface area contributed by atoms with E-state index in [0.717, 1.165) is 24.5 Å². The summed E-state index contributed by atoms with van der Waals surface area (Å²) in [6.45, 7) is 2.07. The predicted molar refractivity (Wildman–Crippen MR) is 66.7 cm³/mol. The smallest absolute Gasteiger partial charge is 0.122 e. The highest BCUT2D eigenvalue weighted by Crippen LogP contribution is 2.08. The van der Waals surface area contributed by atoms with Crippen LogP contribution in [0.3, 0.4) is 0 Å². The number of hydrogen-bond donors (Lipinski definition) is 1. The minimum Gasteiger partial charge on any atom is -0.494 e. The molecule has 2 N–H and O–H groups in total. The number of imidazole rings is 1. The van der Waals surface area contributed by atoms with Crippen molar-refractivity contribution < 1.29 is 4.74 Å². The van der Waals surface area contributed by atoms with Gasteiger partial charge in [0.25, 0.3) is 0 Å². The van der Waals surface area contributed by atoms with Gasteiger partial charge in [0.1, 0.15) is 11.6 Å². The minimum atomic E-state index is 0.479. The Labute approximate surface area is 101 Å². The summed E-state index contributed by atoms with van der Waals surface area (Å²) in [7, 11) is 0. The SMILES string of the molecule is NCc1nccn1CCCOc1ccccc1. The fourth-order valence-corrected chi connectivity index (χ4v) is 1.68. The first-order valence-electron chi connectivity index (χ1n) is 5.78. The number of nitrogens with two attached hydrogens (primary N) is 1. The van der Waals surface area contributed by atoms with Gasteiger partial charge in [0, 0.05) is 18.9 Å². The van der Waals surface area contributed by atoms with Crippen LogP contribution in [-0.4, -0.2) is 16.2 Å². The number of rotatable bonds is 6. The maximum absolute atomic E-state index is 5.61. The average Bonchev–Trinajstić information content (AvgIpc) is 2.83. The summed E-state index contributed by atoms with van der Waals surface area (Å²) in [6.07, 6.45) is 4.67. The van der Waals surface area contributed by atoms with Gasteiger partial charge in [0.05, 0.1) is 13.2 Å². The third-order valence-corrected chi connectivity index (χ3v) is 2.54. The Balaban J connectivity index is 1.73. The molecule has 0 atom stereocenters. The van der Waals surface area contributed by atoms with Gasteiger partial charge in [-0.3, -0.25) is 0 Å². The van der Waals surface area contributed by atoms with Gasteiger partial charge in [-0.05, 0) is 18.6 Å². The first-order valence-corrected chi connectivity index (χ1v) is 5.78. The van der Waals surface area contributed by atoms with Crippen LogP contribution in [0.25, 0.3) is 0 Å². The molecule has 0 spiro atoms. The molecule has 0 fully saturated rings. The van der Waals surface area contributed by atoms with E-state index in [-0.39, 0.29) is 0 Å². The molecule has 2 aromatic rings. The van der Waals surface area contributed by atoms with E-state index < -0.39 is 0 Å². The Morgan fingerprint density at radius 2 is 2.06 bits per heavy atom. The molecule has 90 valence electrons. The van der Waals surface area contributed by atoms with Gasteiger partial charge in [0.2, 0.25) is 0 Å². The standard InChI is InChI=1S/C13H17N3O/c14-11-13-15-7-9-16(13)8-4-10-17-12-5-2-1-3-6-12/h1-3,5-7,9H,4,8,10-11,14H2. The van der Waals surface area contributed by atoms with Crippen LogP contribution in [0.1, 0.15) is 12.2 Å². The number of benzene rings is 1. The summed E-state index contributed by atoms with van der Waals surface area (Å²) >= 11 is 0. The third kappa shape index (κ3) is 3.32. The fraction of sp³-hybridized carbons (Fsp3) is 0.308. The highest BCUT2D eigenvalue weighted by atomic mass is 16.5. The molecule has 1 aromatic carbocycles. The lowest BCUT2D eigenvalue weighted by molar-refractivity contribution is 0.301. The maximum atomic E-state index is 5.61. The topological polar surface area (TPSA) is 53.1 Å². The molecule has 0 bridgehead atoms. The Hall–Kier alpha value is -1.81. The number of aryl methyl sites for hydroxylation is 1. The summed E-state index contributed by atoms with van der Waals surface area (Å²) in [5.41, 5.74) is 5.58. The molecular weight excluding hydrogens is 214 g/mol. The summed E-state index contributed by atoms with van der Waals surface area (Å²) in [6, 6.07) is 9.84. The van der Waals surface area contributed by atoms with Crippen molar-refractivity contribution in [3.63, 3.8) is 0 Å². The van der Waals surface area contributed by atoms with Crippen molar-refractivity contribution in [1.29, 1.82) is 0 Å². The summed E-state index contributed by atoms with van der Waals surface area (Å²) in [4.78, 5) is 4.17. The highest BCUT2D eigenvalue weighted by Gasteiger charge is 1.99. The van der Waals surface area contributed by atoms with Gasteiger partial charge < -0.3 is 15.0 Å². The lowest BCUT2D eigenvalue weighted by Crippen LogP contribution is -2.10. The highest BCUT2D eigenvalue weighted by molar-refractivity contribution is 5.20. The summed E-state index contributed by atoms with van der Waals surface area (Å²) < 4.78 is 7.68. The van der Waals surface area contributed by atoms with Crippen LogP contribution in [-0.2, 0) is 13.1 Å². The van der Waals surface area contributed by atoms with E-state index in [0.29, 0.717) is 13.2 Å². The molecule has 0 saturated heterocycles. The largest absolute Gasteiger partial charge is 0.494 e. The number of ether oxygens (including phenoxy) is 1. The lowest BCUT2D eigenvalue weighted by Gasteiger charge is -2.08. The van der Waals surface area contributed by atoms with Crippen LogP contribution in [0.15, 0.2) is 42.7 Å². The Morgan fingerprint density at radius 3 is 2.82 bits per heavy atom. The zero-order valence-corrected chi connectivity index (χ0v) is 9.75. The van der Waals surface area contributed by atoms with Crippen molar-refractivity contribution in [3.05, 3.63) is 48.5 Å². The van der Waals surface area contributed by atoms with E-state index >= 15 is 0 Å². The molecule has 1 aromatic heterocycles. The van der Waals surface area contributed by atoms with E-state index in [1.165, 1.54) is 0 Å². The average molecular weight is 231 g/mol. The lowest BCUT2D eigenvalue weighted by atomic mass is 10.3. The van der Waals surface area contributed by atoms with E-state index in [9.17, 15) is 0 Å². The number of nitrogens with zero attached hydrogens (tertiary/aromatic N) is 2. The fourth-order valence-electron chi connectivity index (χ4n) is 1.68. The van der Waals surface area contributed by atoms with Crippen molar-refractivity contribution in [1.82, 2.24) is 9.55 Å². The molecule has 4 heteroatoms. The second kappa shape index (κ2) is 6.06. The molecule has 0 amide bonds. The number of para-hydroxylation sites is 1. The molecule has 0 aliphatic carbocycles. The molecule has 17 heavy (non-hydrogen) atoms. The Kier molecular flexibility index (Phi) is 4.16. The van der Waals surface area contributed by atoms with Gasteiger partial charge in [-0.15, -0.1) is 0 Å². The summed E-state index contributed by atoms with van der Waals surface area (Å²) in [5, 5.41) is 0. The molecule has 0 radical (unpaired) electrons. The second-order valence-electron chi connectivity index (χ2n) is 3.76. The molecule has 0 aliphatic rings. The van der Waals surface area contributed by atoms with Crippen LogP contribution in [0.4, 0.5) is 0 Å². The van der Waals surface area contributed by atoms with Gasteiger partial charge in [-0.1, -0.05) is 18.2 Å². The van der Waals surface area contributed by atoms with Crippen LogP contribution >= 0.6 is 0 Å². The normalized spacial score (nSPS) is 10.4. The van der Waals surface area contributed by atoms with E-state index in [1.54, 1.807) is 6.20 Å². The number of hydrogen-bond acceptors (Lipinski definition) is 3. The van der Waals surface area contributed by atoms with E-state index in [2.05, 4.69) is 9.55 Å². The van der Waals surface area contributed by atoms with Gasteiger partial charge in [-0.25, -0.2) is 4.98 Å². The van der Waals surface area contributed by atoms with E-state index in [4.69, 9.17) is 10.5 Å². The Morgan fingerprint density at radius 1 is 1.24 bits per heavy atom. The monoisotopic (exact) mass is 231 g/mol. The van der Waals surface area contributed by atoms with E-state index in [1.807, 2.05) is 36.5 Å². The maximum Gasteiger partial charge on any atom is 0.122 e. The van der Waals surface area contributed by atoms with Gasteiger partial charge >= 0.3 is 0 Å². The van der Waals surface area contributed by atoms with Crippen molar-refractivity contribution in [2.24, 2.45) is 5.73 Å². The Bertz CT molecular complexity index is 439. The third-order valence-electron chi connectivity index (χ3n) is 2.54. The van der Waals surface area contributed by atoms with Crippen molar-refractivity contribution in [2.75, 3.05) is 6.61 Å². The number of aromatic nitrogens is 2. The molecular formula is C13H17N3O. The van der Waals surface area contributed by atoms with Crippen molar-refractivity contribution in [2.45, 2.75) is 19.5 Å². The molecule has 4 nitrogen and oxygen atoms in total. The van der Waals surface area contributed by atoms with Crippen LogP contribution in [0, 0.1) is 0 Å². The van der Waals surface area contributed by atoms with Gasteiger partial charge in [0.15, 0.2) is 0 Å². The van der Waals surface area contributed by atoms with Crippen molar-refractivity contribution in [3.8, 4) is 5.75 Å². The first kappa shape index (κ1) is 11.7. The molecule has 2 rings (SSSR count). The molecule has 0 unspecified atom stereocenters. The first-order chi connectivity index (χ1) is 8.40. The zero-order valence-electron chi connectivity index (χ0n) is 9.75. The van der Waals surface area contributed by atoms with Crippen LogP contribution in [0.5, 0.6) is 5.75 Å². The molecule has 0 aliphatic heterocycles. The van der Waals surface area contributed by atoms with Crippen LogP contribution < -0.4 is 10.5 Å². The van der Waals surface area contributed by atoms with Gasteiger partial charge in [-0.2, -0.15) is 0 Å². The zero-order chi connectivity index (χ0) is 11.9. The second-order valence-corrected chi connectivity index (χ2v) is 3.76. The summed E-state index contributed by atoms with van der Waals surface area (Å²) in [5.74, 6) is 1.84.